The molecule has 2 rings (SSSR count). The van der Waals surface area contributed by atoms with E-state index in [9.17, 15) is 9.59 Å². The first kappa shape index (κ1) is 12.6. The largest absolute Gasteiger partial charge is 0.355 e. The summed E-state index contributed by atoms with van der Waals surface area (Å²) in [6, 6.07) is 7.99. The number of amides is 2. The van der Waals surface area contributed by atoms with Crippen LogP contribution in [0.5, 0.6) is 0 Å². The first-order chi connectivity index (χ1) is 8.66. The second-order valence-corrected chi connectivity index (χ2v) is 4.68. The van der Waals surface area contributed by atoms with Crippen molar-refractivity contribution in [3.05, 3.63) is 35.4 Å². The molecule has 1 aromatic rings. The Hall–Kier alpha value is -1.84. The Kier molecular flexibility index (Phi) is 3.97. The zero-order valence-corrected chi connectivity index (χ0v) is 10.5. The monoisotopic (exact) mass is 246 g/mol. The van der Waals surface area contributed by atoms with E-state index in [1.54, 1.807) is 0 Å². The van der Waals surface area contributed by atoms with Gasteiger partial charge in [0.2, 0.25) is 11.8 Å². The van der Waals surface area contributed by atoms with Crippen LogP contribution in [-0.2, 0) is 16.1 Å². The molecule has 1 aliphatic rings. The number of carbonyl (C=O) groups is 2. The standard InChI is InChI=1S/C14H18N2O2/c1-10-4-2-3-5-11(10)8-16-14(18)12-6-7-13(17)15-9-12/h2-5,12H,6-9H2,1H3,(H,15,17)(H,16,18). The summed E-state index contributed by atoms with van der Waals surface area (Å²) in [7, 11) is 0. The Bertz CT molecular complexity index is 447. The van der Waals surface area contributed by atoms with Crippen LogP contribution in [0.1, 0.15) is 24.0 Å². The van der Waals surface area contributed by atoms with Gasteiger partial charge in [-0.1, -0.05) is 24.3 Å². The summed E-state index contributed by atoms with van der Waals surface area (Å²) in [4.78, 5) is 22.9. The minimum absolute atomic E-state index is 0.0262. The summed E-state index contributed by atoms with van der Waals surface area (Å²) >= 11 is 0. The van der Waals surface area contributed by atoms with E-state index in [4.69, 9.17) is 0 Å². The van der Waals surface area contributed by atoms with Crippen LogP contribution in [0.15, 0.2) is 24.3 Å². The highest BCUT2D eigenvalue weighted by Gasteiger charge is 2.23. The quantitative estimate of drug-likeness (QED) is 0.840. The molecule has 0 bridgehead atoms. The highest BCUT2D eigenvalue weighted by atomic mass is 16.2. The molecule has 96 valence electrons. The summed E-state index contributed by atoms with van der Waals surface area (Å²) in [5.41, 5.74) is 2.31. The van der Waals surface area contributed by atoms with Gasteiger partial charge < -0.3 is 10.6 Å². The third-order valence-electron chi connectivity index (χ3n) is 3.35. The Balaban J connectivity index is 1.85. The van der Waals surface area contributed by atoms with Crippen LogP contribution < -0.4 is 10.6 Å². The van der Waals surface area contributed by atoms with Gasteiger partial charge in [0, 0.05) is 19.5 Å². The Labute approximate surface area is 107 Å². The fraction of sp³-hybridized carbons (Fsp3) is 0.429. The van der Waals surface area contributed by atoms with Crippen LogP contribution in [-0.4, -0.2) is 18.4 Å². The topological polar surface area (TPSA) is 58.2 Å². The predicted octanol–water partition coefficient (Wildman–Crippen LogP) is 1.14. The van der Waals surface area contributed by atoms with Gasteiger partial charge in [-0.2, -0.15) is 0 Å². The number of piperidine rings is 1. The first-order valence-electron chi connectivity index (χ1n) is 6.25. The maximum Gasteiger partial charge on any atom is 0.225 e. The van der Waals surface area contributed by atoms with Gasteiger partial charge in [0.05, 0.1) is 5.92 Å². The second-order valence-electron chi connectivity index (χ2n) is 4.68. The summed E-state index contributed by atoms with van der Waals surface area (Å²) < 4.78 is 0. The molecule has 0 spiro atoms. The van der Waals surface area contributed by atoms with Gasteiger partial charge in [-0.3, -0.25) is 9.59 Å². The molecule has 1 fully saturated rings. The van der Waals surface area contributed by atoms with Gasteiger partial charge in [-0.15, -0.1) is 0 Å². The van der Waals surface area contributed by atoms with Gasteiger partial charge in [-0.25, -0.2) is 0 Å². The average molecular weight is 246 g/mol. The highest BCUT2D eigenvalue weighted by molar-refractivity contribution is 5.83. The molecular formula is C14H18N2O2. The molecule has 1 aromatic carbocycles. The van der Waals surface area contributed by atoms with Crippen LogP contribution in [0.4, 0.5) is 0 Å². The van der Waals surface area contributed by atoms with Crippen molar-refractivity contribution >= 4 is 11.8 Å². The molecule has 0 aromatic heterocycles. The molecule has 1 unspecified atom stereocenters. The van der Waals surface area contributed by atoms with Crippen LogP contribution >= 0.6 is 0 Å². The maximum absolute atomic E-state index is 11.9. The van der Waals surface area contributed by atoms with Crippen molar-refractivity contribution in [3.63, 3.8) is 0 Å². The minimum Gasteiger partial charge on any atom is -0.355 e. The van der Waals surface area contributed by atoms with Crippen LogP contribution in [0, 0.1) is 12.8 Å². The molecule has 1 aliphatic heterocycles. The van der Waals surface area contributed by atoms with E-state index in [1.807, 2.05) is 31.2 Å². The zero-order valence-electron chi connectivity index (χ0n) is 10.5. The Morgan fingerprint density at radius 2 is 2.22 bits per heavy atom. The van der Waals surface area contributed by atoms with E-state index >= 15 is 0 Å². The van der Waals surface area contributed by atoms with E-state index in [2.05, 4.69) is 10.6 Å². The molecular weight excluding hydrogens is 228 g/mol. The van der Waals surface area contributed by atoms with Gasteiger partial charge in [0.25, 0.3) is 0 Å². The van der Waals surface area contributed by atoms with Crippen molar-refractivity contribution in [1.29, 1.82) is 0 Å². The molecule has 2 N–H and O–H groups in total. The van der Waals surface area contributed by atoms with E-state index in [-0.39, 0.29) is 17.7 Å². The molecule has 4 nitrogen and oxygen atoms in total. The molecule has 1 saturated heterocycles. The van der Waals surface area contributed by atoms with Crippen molar-refractivity contribution in [3.8, 4) is 0 Å². The van der Waals surface area contributed by atoms with Crippen molar-refractivity contribution in [2.45, 2.75) is 26.3 Å². The van der Waals surface area contributed by atoms with Crippen LogP contribution in [0.25, 0.3) is 0 Å². The number of rotatable bonds is 3. The average Bonchev–Trinajstić information content (AvgIpc) is 2.38. The number of hydrogen-bond acceptors (Lipinski definition) is 2. The molecule has 1 atom stereocenters. The third kappa shape index (κ3) is 3.09. The van der Waals surface area contributed by atoms with E-state index < -0.39 is 0 Å². The fourth-order valence-electron chi connectivity index (χ4n) is 2.09. The van der Waals surface area contributed by atoms with Gasteiger partial charge in [0.1, 0.15) is 0 Å². The molecule has 0 saturated carbocycles. The lowest BCUT2D eigenvalue weighted by molar-refractivity contribution is -0.129. The summed E-state index contributed by atoms with van der Waals surface area (Å²) in [6.45, 7) is 3.04. The predicted molar refractivity (Wildman–Crippen MR) is 68.8 cm³/mol. The lowest BCUT2D eigenvalue weighted by atomic mass is 9.98. The third-order valence-corrected chi connectivity index (χ3v) is 3.35. The molecule has 1 heterocycles. The van der Waals surface area contributed by atoms with Crippen molar-refractivity contribution < 1.29 is 9.59 Å². The Morgan fingerprint density at radius 1 is 1.44 bits per heavy atom. The van der Waals surface area contributed by atoms with E-state index in [0.29, 0.717) is 25.9 Å². The van der Waals surface area contributed by atoms with Crippen molar-refractivity contribution in [2.75, 3.05) is 6.54 Å². The molecule has 4 heteroatoms. The number of nitrogens with one attached hydrogen (secondary N) is 2. The molecule has 0 radical (unpaired) electrons. The Morgan fingerprint density at radius 3 is 2.89 bits per heavy atom. The number of benzene rings is 1. The van der Waals surface area contributed by atoms with Crippen molar-refractivity contribution in [1.82, 2.24) is 10.6 Å². The summed E-state index contributed by atoms with van der Waals surface area (Å²) in [5.74, 6) is -0.0251. The number of aryl methyl sites for hydroxylation is 1. The highest BCUT2D eigenvalue weighted by Crippen LogP contribution is 2.12. The van der Waals surface area contributed by atoms with Gasteiger partial charge in [-0.05, 0) is 24.5 Å². The molecule has 0 aliphatic carbocycles. The number of carbonyl (C=O) groups excluding carboxylic acids is 2. The summed E-state index contributed by atoms with van der Waals surface area (Å²) in [6.07, 6.45) is 1.09. The fourth-order valence-corrected chi connectivity index (χ4v) is 2.09. The molecule has 18 heavy (non-hydrogen) atoms. The van der Waals surface area contributed by atoms with E-state index in [0.717, 1.165) is 5.56 Å². The van der Waals surface area contributed by atoms with Crippen molar-refractivity contribution in [2.24, 2.45) is 5.92 Å². The lowest BCUT2D eigenvalue weighted by Gasteiger charge is -2.21. The van der Waals surface area contributed by atoms with Gasteiger partial charge in [0.15, 0.2) is 0 Å². The first-order valence-corrected chi connectivity index (χ1v) is 6.25. The number of hydrogen-bond donors (Lipinski definition) is 2. The lowest BCUT2D eigenvalue weighted by Crippen LogP contribution is -2.42. The molecule has 2 amide bonds. The second kappa shape index (κ2) is 5.67. The zero-order chi connectivity index (χ0) is 13.0. The van der Waals surface area contributed by atoms with Gasteiger partial charge >= 0.3 is 0 Å². The maximum atomic E-state index is 11.9. The van der Waals surface area contributed by atoms with Crippen LogP contribution in [0.2, 0.25) is 0 Å². The summed E-state index contributed by atoms with van der Waals surface area (Å²) in [5, 5.41) is 5.66. The minimum atomic E-state index is -0.0910. The van der Waals surface area contributed by atoms with Crippen LogP contribution in [0.3, 0.4) is 0 Å². The van der Waals surface area contributed by atoms with E-state index in [1.165, 1.54) is 5.56 Å². The normalized spacial score (nSPS) is 19.2. The SMILES string of the molecule is Cc1ccccc1CNC(=O)C1CCC(=O)NC1. The smallest absolute Gasteiger partial charge is 0.225 e.